The van der Waals surface area contributed by atoms with E-state index in [-0.39, 0.29) is 0 Å². The van der Waals surface area contributed by atoms with Crippen LogP contribution in [-0.2, 0) is 6.54 Å². The molecule has 1 aromatic rings. The lowest BCUT2D eigenvalue weighted by atomic mass is 10.0. The van der Waals surface area contributed by atoms with Crippen LogP contribution in [0.25, 0.3) is 0 Å². The van der Waals surface area contributed by atoms with Gasteiger partial charge in [-0.25, -0.2) is 0 Å². The van der Waals surface area contributed by atoms with Crippen LogP contribution in [0.2, 0.25) is 0 Å². The monoisotopic (exact) mass is 260 g/mol. The van der Waals surface area contributed by atoms with Gasteiger partial charge in [0.1, 0.15) is 6.07 Å². The van der Waals surface area contributed by atoms with E-state index in [0.29, 0.717) is 6.04 Å². The van der Waals surface area contributed by atoms with E-state index in [2.05, 4.69) is 34.9 Å². The molecule has 0 radical (unpaired) electrons. The van der Waals surface area contributed by atoms with Gasteiger partial charge >= 0.3 is 0 Å². The number of likely N-dealkylation sites (N-methyl/N-ethyl adjacent to an activating group) is 2. The fourth-order valence-corrected chi connectivity index (χ4v) is 2.92. The van der Waals surface area contributed by atoms with Crippen molar-refractivity contribution in [2.45, 2.75) is 38.8 Å². The maximum Gasteiger partial charge on any atom is 0.101 e. The number of hydrogen-bond donors (Lipinski definition) is 1. The van der Waals surface area contributed by atoms with Crippen molar-refractivity contribution in [1.29, 1.82) is 5.26 Å². The third-order valence-electron chi connectivity index (χ3n) is 4.08. The smallest absolute Gasteiger partial charge is 0.101 e. The van der Waals surface area contributed by atoms with E-state index in [1.54, 1.807) is 0 Å². The Balaban J connectivity index is 1.89. The maximum absolute atomic E-state index is 8.97. The third kappa shape index (κ3) is 3.59. The molecule has 1 atom stereocenters. The second kappa shape index (κ2) is 6.23. The molecule has 0 aromatic carbocycles. The molecule has 1 N–H and O–H groups in total. The molecule has 1 saturated heterocycles. The van der Waals surface area contributed by atoms with E-state index in [1.807, 2.05) is 13.0 Å². The first-order valence-corrected chi connectivity index (χ1v) is 7.07. The zero-order valence-corrected chi connectivity index (χ0v) is 12.2. The van der Waals surface area contributed by atoms with E-state index in [1.165, 1.54) is 25.8 Å². The number of piperidine rings is 1. The molecular formula is C15H24N4. The van der Waals surface area contributed by atoms with Gasteiger partial charge < -0.3 is 9.88 Å². The normalized spacial score (nSPS) is 20.7. The predicted octanol–water partition coefficient (Wildman–Crippen LogP) is 2.11. The van der Waals surface area contributed by atoms with Crippen molar-refractivity contribution in [2.24, 2.45) is 0 Å². The Morgan fingerprint density at radius 2 is 2.32 bits per heavy atom. The topological polar surface area (TPSA) is 46.1 Å². The van der Waals surface area contributed by atoms with Gasteiger partial charge in [0, 0.05) is 30.5 Å². The van der Waals surface area contributed by atoms with E-state index in [4.69, 9.17) is 5.26 Å². The minimum Gasteiger partial charge on any atom is -0.360 e. The minimum absolute atomic E-state index is 0.672. The average Bonchev–Trinajstić information content (AvgIpc) is 2.72. The molecule has 0 amide bonds. The number of nitriles is 1. The summed E-state index contributed by atoms with van der Waals surface area (Å²) in [6.07, 6.45) is 3.98. The number of H-pyrrole nitrogens is 1. The van der Waals surface area contributed by atoms with Gasteiger partial charge in [-0.15, -0.1) is 0 Å². The zero-order valence-electron chi connectivity index (χ0n) is 12.2. The van der Waals surface area contributed by atoms with Crippen molar-refractivity contribution in [3.8, 4) is 6.07 Å². The number of aromatic amines is 1. The molecule has 2 rings (SSSR count). The van der Waals surface area contributed by atoms with Gasteiger partial charge in [-0.1, -0.05) is 6.42 Å². The molecule has 2 heterocycles. The van der Waals surface area contributed by atoms with E-state index in [0.717, 1.165) is 30.0 Å². The van der Waals surface area contributed by atoms with E-state index in [9.17, 15) is 0 Å². The Hall–Kier alpha value is -1.31. The Bertz CT molecular complexity index is 457. The lowest BCUT2D eigenvalue weighted by Gasteiger charge is -2.35. The molecule has 104 valence electrons. The van der Waals surface area contributed by atoms with Crippen molar-refractivity contribution in [3.63, 3.8) is 0 Å². The van der Waals surface area contributed by atoms with Crippen LogP contribution in [0.5, 0.6) is 0 Å². The van der Waals surface area contributed by atoms with Crippen LogP contribution in [0.15, 0.2) is 6.07 Å². The average molecular weight is 260 g/mol. The first-order chi connectivity index (χ1) is 9.10. The molecule has 0 bridgehead atoms. The standard InChI is InChI=1S/C15H24N4/c1-12-13(9-16)8-14(17-12)10-18(2)11-15-6-4-5-7-19(15)3/h8,15,17H,4-7,10-11H2,1-3H3/t15-/m1/s1. The van der Waals surface area contributed by atoms with Crippen LogP contribution in [0.1, 0.15) is 36.2 Å². The van der Waals surface area contributed by atoms with Gasteiger partial charge in [-0.2, -0.15) is 5.26 Å². The largest absolute Gasteiger partial charge is 0.360 e. The summed E-state index contributed by atoms with van der Waals surface area (Å²) in [5.41, 5.74) is 2.87. The fraction of sp³-hybridized carbons (Fsp3) is 0.667. The number of nitrogens with zero attached hydrogens (tertiary/aromatic N) is 3. The van der Waals surface area contributed by atoms with Crippen molar-refractivity contribution in [2.75, 3.05) is 27.2 Å². The van der Waals surface area contributed by atoms with Gasteiger partial charge in [0.05, 0.1) is 5.56 Å². The first-order valence-electron chi connectivity index (χ1n) is 7.07. The summed E-state index contributed by atoms with van der Waals surface area (Å²) in [5.74, 6) is 0. The fourth-order valence-electron chi connectivity index (χ4n) is 2.92. The number of aryl methyl sites for hydroxylation is 1. The Morgan fingerprint density at radius 3 is 2.95 bits per heavy atom. The lowest BCUT2D eigenvalue weighted by molar-refractivity contribution is 0.138. The Morgan fingerprint density at radius 1 is 1.53 bits per heavy atom. The third-order valence-corrected chi connectivity index (χ3v) is 4.08. The molecule has 1 aliphatic heterocycles. The number of rotatable bonds is 4. The van der Waals surface area contributed by atoms with Gasteiger partial charge in [-0.05, 0) is 46.5 Å². The highest BCUT2D eigenvalue weighted by molar-refractivity contribution is 5.35. The van der Waals surface area contributed by atoms with Crippen molar-refractivity contribution in [3.05, 3.63) is 23.0 Å². The van der Waals surface area contributed by atoms with Crippen LogP contribution in [-0.4, -0.2) is 48.0 Å². The molecular weight excluding hydrogens is 236 g/mol. The summed E-state index contributed by atoms with van der Waals surface area (Å²) in [6.45, 7) is 5.15. The zero-order chi connectivity index (χ0) is 13.8. The van der Waals surface area contributed by atoms with Crippen LogP contribution >= 0.6 is 0 Å². The molecule has 0 unspecified atom stereocenters. The highest BCUT2D eigenvalue weighted by Gasteiger charge is 2.20. The van der Waals surface area contributed by atoms with Gasteiger partial charge in [0.2, 0.25) is 0 Å². The molecule has 4 heteroatoms. The lowest BCUT2D eigenvalue weighted by Crippen LogP contribution is -2.43. The van der Waals surface area contributed by atoms with E-state index < -0.39 is 0 Å². The number of hydrogen-bond acceptors (Lipinski definition) is 3. The van der Waals surface area contributed by atoms with Crippen LogP contribution < -0.4 is 0 Å². The predicted molar refractivity (Wildman–Crippen MR) is 76.8 cm³/mol. The molecule has 4 nitrogen and oxygen atoms in total. The highest BCUT2D eigenvalue weighted by atomic mass is 15.2. The summed E-state index contributed by atoms with van der Waals surface area (Å²) in [4.78, 5) is 8.12. The highest BCUT2D eigenvalue weighted by Crippen LogP contribution is 2.17. The van der Waals surface area contributed by atoms with Crippen molar-refractivity contribution >= 4 is 0 Å². The summed E-state index contributed by atoms with van der Waals surface area (Å²) in [6, 6.07) is 4.86. The molecule has 1 aliphatic rings. The van der Waals surface area contributed by atoms with Gasteiger partial charge in [-0.3, -0.25) is 4.90 Å². The number of aromatic nitrogens is 1. The molecule has 1 aromatic heterocycles. The number of likely N-dealkylation sites (tertiary alicyclic amines) is 1. The van der Waals surface area contributed by atoms with Crippen LogP contribution in [0.4, 0.5) is 0 Å². The molecule has 0 spiro atoms. The van der Waals surface area contributed by atoms with Crippen molar-refractivity contribution < 1.29 is 0 Å². The molecule has 0 saturated carbocycles. The minimum atomic E-state index is 0.672. The summed E-state index contributed by atoms with van der Waals surface area (Å²) < 4.78 is 0. The van der Waals surface area contributed by atoms with E-state index >= 15 is 0 Å². The summed E-state index contributed by atoms with van der Waals surface area (Å²) in [5, 5.41) is 8.97. The quantitative estimate of drug-likeness (QED) is 0.902. The molecule has 0 aliphatic carbocycles. The summed E-state index contributed by atoms with van der Waals surface area (Å²) in [7, 11) is 4.38. The van der Waals surface area contributed by atoms with Crippen molar-refractivity contribution in [1.82, 2.24) is 14.8 Å². The van der Waals surface area contributed by atoms with Crippen LogP contribution in [0, 0.1) is 18.3 Å². The SMILES string of the molecule is Cc1[nH]c(CN(C)C[C@H]2CCCCN2C)cc1C#N. The van der Waals surface area contributed by atoms with Gasteiger partial charge in [0.15, 0.2) is 0 Å². The van der Waals surface area contributed by atoms with Gasteiger partial charge in [0.25, 0.3) is 0 Å². The number of nitrogens with one attached hydrogen (secondary N) is 1. The first kappa shape index (κ1) is 14.1. The second-order valence-electron chi connectivity index (χ2n) is 5.77. The maximum atomic E-state index is 8.97. The molecule has 19 heavy (non-hydrogen) atoms. The Labute approximate surface area is 116 Å². The molecule has 1 fully saturated rings. The Kier molecular flexibility index (Phi) is 4.62. The summed E-state index contributed by atoms with van der Waals surface area (Å²) >= 11 is 0. The second-order valence-corrected chi connectivity index (χ2v) is 5.77. The van der Waals surface area contributed by atoms with Crippen LogP contribution in [0.3, 0.4) is 0 Å².